The Kier molecular flexibility index (Phi) is 4.97. The standard InChI is InChI=1S/C17H26OS/c1-17(2,3)14-9-7-13(8-10-14)12-15(18)16-6-4-5-11-19-16/h7-10,15-16,18H,4-6,11-12H2,1-3H3. The maximum atomic E-state index is 10.3. The second-order valence-electron chi connectivity index (χ2n) is 6.62. The van der Waals surface area contributed by atoms with Crippen LogP contribution in [0, 0.1) is 0 Å². The van der Waals surface area contributed by atoms with Gasteiger partial charge >= 0.3 is 0 Å². The summed E-state index contributed by atoms with van der Waals surface area (Å²) in [5, 5.41) is 10.8. The summed E-state index contributed by atoms with van der Waals surface area (Å²) < 4.78 is 0. The molecule has 0 aromatic heterocycles. The van der Waals surface area contributed by atoms with Crippen molar-refractivity contribution in [2.75, 3.05) is 5.75 Å². The lowest BCUT2D eigenvalue weighted by atomic mass is 9.86. The van der Waals surface area contributed by atoms with E-state index in [9.17, 15) is 5.11 Å². The molecule has 106 valence electrons. The number of aliphatic hydroxyl groups excluding tert-OH is 1. The zero-order chi connectivity index (χ0) is 13.9. The molecule has 2 atom stereocenters. The molecule has 1 saturated heterocycles. The number of hydrogen-bond acceptors (Lipinski definition) is 2. The van der Waals surface area contributed by atoms with Gasteiger partial charge in [0.2, 0.25) is 0 Å². The van der Waals surface area contributed by atoms with E-state index in [1.54, 1.807) is 0 Å². The molecular formula is C17H26OS. The van der Waals surface area contributed by atoms with Gasteiger partial charge in [-0.3, -0.25) is 0 Å². The lowest BCUT2D eigenvalue weighted by Gasteiger charge is -2.26. The Bertz CT molecular complexity index is 385. The Hall–Kier alpha value is -0.470. The summed E-state index contributed by atoms with van der Waals surface area (Å²) in [4.78, 5) is 0. The third-order valence-electron chi connectivity index (χ3n) is 3.91. The van der Waals surface area contributed by atoms with Crippen LogP contribution in [0.5, 0.6) is 0 Å². The molecule has 2 rings (SSSR count). The van der Waals surface area contributed by atoms with Gasteiger partial charge in [-0.25, -0.2) is 0 Å². The summed E-state index contributed by atoms with van der Waals surface area (Å²) in [6.45, 7) is 6.70. The van der Waals surface area contributed by atoms with Gasteiger partial charge in [0, 0.05) is 5.25 Å². The Labute approximate surface area is 121 Å². The number of thioether (sulfide) groups is 1. The van der Waals surface area contributed by atoms with Crippen molar-refractivity contribution in [2.24, 2.45) is 0 Å². The van der Waals surface area contributed by atoms with Crippen LogP contribution in [0.25, 0.3) is 0 Å². The fraction of sp³-hybridized carbons (Fsp3) is 0.647. The minimum absolute atomic E-state index is 0.189. The smallest absolute Gasteiger partial charge is 0.0699 e. The number of aliphatic hydroxyl groups is 1. The molecule has 19 heavy (non-hydrogen) atoms. The minimum Gasteiger partial charge on any atom is -0.392 e. The number of benzene rings is 1. The Morgan fingerprint density at radius 2 is 1.89 bits per heavy atom. The molecule has 1 N–H and O–H groups in total. The second-order valence-corrected chi connectivity index (χ2v) is 7.97. The molecule has 0 spiro atoms. The molecular weight excluding hydrogens is 252 g/mol. The molecule has 0 radical (unpaired) electrons. The van der Waals surface area contributed by atoms with Gasteiger partial charge in [0.25, 0.3) is 0 Å². The molecule has 0 bridgehead atoms. The largest absolute Gasteiger partial charge is 0.392 e. The lowest BCUT2D eigenvalue weighted by molar-refractivity contribution is 0.166. The van der Waals surface area contributed by atoms with E-state index < -0.39 is 0 Å². The monoisotopic (exact) mass is 278 g/mol. The summed E-state index contributed by atoms with van der Waals surface area (Å²) in [5.74, 6) is 1.21. The van der Waals surface area contributed by atoms with Crippen LogP contribution >= 0.6 is 11.8 Å². The van der Waals surface area contributed by atoms with Crippen LogP contribution in [0.1, 0.15) is 51.2 Å². The fourth-order valence-corrected chi connectivity index (χ4v) is 3.91. The van der Waals surface area contributed by atoms with Gasteiger partial charge in [0.15, 0.2) is 0 Å². The highest BCUT2D eigenvalue weighted by molar-refractivity contribution is 8.00. The highest BCUT2D eigenvalue weighted by Crippen LogP contribution is 2.29. The Balaban J connectivity index is 1.95. The number of hydrogen-bond donors (Lipinski definition) is 1. The first-order valence-corrected chi connectivity index (χ1v) is 8.41. The molecule has 0 saturated carbocycles. The highest BCUT2D eigenvalue weighted by atomic mass is 32.2. The van der Waals surface area contributed by atoms with E-state index in [1.165, 1.54) is 36.1 Å². The highest BCUT2D eigenvalue weighted by Gasteiger charge is 2.22. The van der Waals surface area contributed by atoms with Crippen LogP contribution in [-0.4, -0.2) is 22.2 Å². The topological polar surface area (TPSA) is 20.2 Å². The van der Waals surface area contributed by atoms with Crippen molar-refractivity contribution in [3.63, 3.8) is 0 Å². The maximum Gasteiger partial charge on any atom is 0.0699 e. The van der Waals surface area contributed by atoms with Gasteiger partial charge in [0.05, 0.1) is 6.10 Å². The summed E-state index contributed by atoms with van der Waals surface area (Å²) in [5.41, 5.74) is 2.82. The van der Waals surface area contributed by atoms with Gasteiger partial charge < -0.3 is 5.11 Å². The van der Waals surface area contributed by atoms with Gasteiger partial charge in [-0.1, -0.05) is 51.5 Å². The average molecular weight is 278 g/mol. The molecule has 1 aliphatic heterocycles. The van der Waals surface area contributed by atoms with E-state index in [4.69, 9.17) is 0 Å². The Morgan fingerprint density at radius 1 is 1.21 bits per heavy atom. The predicted octanol–water partition coefficient (Wildman–Crippen LogP) is 4.17. The molecule has 2 heteroatoms. The third kappa shape index (κ3) is 4.25. The van der Waals surface area contributed by atoms with Crippen molar-refractivity contribution in [2.45, 2.75) is 63.2 Å². The van der Waals surface area contributed by atoms with Crippen molar-refractivity contribution < 1.29 is 5.11 Å². The van der Waals surface area contributed by atoms with Gasteiger partial charge in [-0.05, 0) is 41.6 Å². The van der Waals surface area contributed by atoms with E-state index in [1.807, 2.05) is 11.8 Å². The molecule has 2 unspecified atom stereocenters. The maximum absolute atomic E-state index is 10.3. The van der Waals surface area contributed by atoms with Crippen molar-refractivity contribution in [1.82, 2.24) is 0 Å². The van der Waals surface area contributed by atoms with Crippen LogP contribution in [0.4, 0.5) is 0 Å². The molecule has 1 nitrogen and oxygen atoms in total. The van der Waals surface area contributed by atoms with Crippen LogP contribution in [0.3, 0.4) is 0 Å². The van der Waals surface area contributed by atoms with Crippen molar-refractivity contribution in [3.8, 4) is 0 Å². The Morgan fingerprint density at radius 3 is 2.42 bits per heavy atom. The lowest BCUT2D eigenvalue weighted by Crippen LogP contribution is -2.27. The average Bonchev–Trinajstić information content (AvgIpc) is 2.39. The summed E-state index contributed by atoms with van der Waals surface area (Å²) >= 11 is 1.95. The van der Waals surface area contributed by atoms with Crippen molar-refractivity contribution in [1.29, 1.82) is 0 Å². The molecule has 1 aromatic rings. The normalized spacial score (nSPS) is 22.2. The zero-order valence-corrected chi connectivity index (χ0v) is 13.2. The van der Waals surface area contributed by atoms with Crippen LogP contribution in [0.15, 0.2) is 24.3 Å². The van der Waals surface area contributed by atoms with Crippen molar-refractivity contribution in [3.05, 3.63) is 35.4 Å². The van der Waals surface area contributed by atoms with Crippen LogP contribution in [0.2, 0.25) is 0 Å². The zero-order valence-electron chi connectivity index (χ0n) is 12.4. The van der Waals surface area contributed by atoms with E-state index in [0.717, 1.165) is 6.42 Å². The van der Waals surface area contributed by atoms with Gasteiger partial charge in [0.1, 0.15) is 0 Å². The second kappa shape index (κ2) is 6.32. The molecule has 1 aliphatic rings. The number of rotatable bonds is 3. The quantitative estimate of drug-likeness (QED) is 0.895. The summed E-state index contributed by atoms with van der Waals surface area (Å²) in [7, 11) is 0. The predicted molar refractivity (Wildman–Crippen MR) is 84.9 cm³/mol. The first-order valence-electron chi connectivity index (χ1n) is 7.36. The van der Waals surface area contributed by atoms with E-state index in [-0.39, 0.29) is 11.5 Å². The van der Waals surface area contributed by atoms with E-state index in [0.29, 0.717) is 5.25 Å². The fourth-order valence-electron chi connectivity index (χ4n) is 2.58. The molecule has 1 aromatic carbocycles. The van der Waals surface area contributed by atoms with E-state index >= 15 is 0 Å². The SMILES string of the molecule is CC(C)(C)c1ccc(CC(O)C2CCCCS2)cc1. The first-order chi connectivity index (χ1) is 8.97. The molecule has 1 heterocycles. The molecule has 0 aliphatic carbocycles. The molecule has 1 fully saturated rings. The summed E-state index contributed by atoms with van der Waals surface area (Å²) in [6.07, 6.45) is 4.37. The van der Waals surface area contributed by atoms with Crippen LogP contribution < -0.4 is 0 Å². The van der Waals surface area contributed by atoms with Gasteiger partial charge in [-0.2, -0.15) is 11.8 Å². The first kappa shape index (κ1) is 14.9. The summed E-state index contributed by atoms with van der Waals surface area (Å²) in [6, 6.07) is 8.76. The molecule has 0 amide bonds. The third-order valence-corrected chi connectivity index (χ3v) is 5.41. The minimum atomic E-state index is -0.189. The van der Waals surface area contributed by atoms with Gasteiger partial charge in [-0.15, -0.1) is 0 Å². The van der Waals surface area contributed by atoms with Crippen LogP contribution in [-0.2, 0) is 11.8 Å². The van der Waals surface area contributed by atoms with Crippen molar-refractivity contribution >= 4 is 11.8 Å². The van der Waals surface area contributed by atoms with E-state index in [2.05, 4.69) is 45.0 Å².